The fourth-order valence-corrected chi connectivity index (χ4v) is 5.99. The molecule has 2 fully saturated rings. The van der Waals surface area contributed by atoms with Gasteiger partial charge in [-0.2, -0.15) is 0 Å². The summed E-state index contributed by atoms with van der Waals surface area (Å²) in [6.07, 6.45) is 0. The van der Waals surface area contributed by atoms with Crippen molar-refractivity contribution >= 4 is 15.7 Å². The zero-order valence-electron chi connectivity index (χ0n) is 15.7. The molecule has 2 aliphatic rings. The Balaban J connectivity index is 1.84. The van der Waals surface area contributed by atoms with E-state index in [1.165, 1.54) is 0 Å². The monoisotopic (exact) mass is 380 g/mol. The van der Waals surface area contributed by atoms with Gasteiger partial charge in [-0.05, 0) is 13.0 Å². The molecule has 0 bridgehead atoms. The second kappa shape index (κ2) is 7.56. The standard InChI is InChI=1S/C19H28N2O4S/c1-4-25-18-8-6-5-7-15(18)11-20-9-10-21(19(22)14(2)3)17-13-26(23,24)12-16(17)20/h5-8,14,16-17H,4,9-13H2,1-3H3/t16-,17+/m0/s1. The molecule has 1 aromatic rings. The number of piperazine rings is 1. The van der Waals surface area contributed by atoms with Gasteiger partial charge in [-0.3, -0.25) is 9.69 Å². The fourth-order valence-electron chi connectivity index (χ4n) is 3.98. The minimum absolute atomic E-state index is 0.0477. The summed E-state index contributed by atoms with van der Waals surface area (Å²) in [7, 11) is -3.13. The van der Waals surface area contributed by atoms with Crippen molar-refractivity contribution < 1.29 is 17.9 Å². The van der Waals surface area contributed by atoms with Gasteiger partial charge < -0.3 is 9.64 Å². The van der Waals surface area contributed by atoms with Crippen molar-refractivity contribution in [2.75, 3.05) is 31.2 Å². The molecule has 0 radical (unpaired) electrons. The molecule has 2 atom stereocenters. The number of nitrogens with zero attached hydrogens (tertiary/aromatic N) is 2. The summed E-state index contributed by atoms with van der Waals surface area (Å²) in [6, 6.07) is 7.49. The van der Waals surface area contributed by atoms with E-state index < -0.39 is 9.84 Å². The Bertz CT molecular complexity index is 763. The Morgan fingerprint density at radius 1 is 1.19 bits per heavy atom. The maximum atomic E-state index is 12.5. The second-order valence-electron chi connectivity index (χ2n) is 7.41. The molecule has 7 heteroatoms. The Morgan fingerprint density at radius 3 is 2.58 bits per heavy atom. The van der Waals surface area contributed by atoms with Crippen LogP contribution in [0.1, 0.15) is 26.3 Å². The van der Waals surface area contributed by atoms with E-state index in [4.69, 9.17) is 4.74 Å². The predicted molar refractivity (Wildman–Crippen MR) is 101 cm³/mol. The van der Waals surface area contributed by atoms with Gasteiger partial charge in [-0.1, -0.05) is 32.0 Å². The summed E-state index contributed by atoms with van der Waals surface area (Å²) in [6.45, 7) is 8.16. The summed E-state index contributed by atoms with van der Waals surface area (Å²) in [5, 5.41) is 0. The minimum atomic E-state index is -3.13. The predicted octanol–water partition coefficient (Wildman–Crippen LogP) is 1.55. The SMILES string of the molecule is CCOc1ccccc1CN1CCN(C(=O)C(C)C)[C@@H]2CS(=O)(=O)C[C@@H]21. The molecular weight excluding hydrogens is 352 g/mol. The van der Waals surface area contributed by atoms with Gasteiger partial charge in [0.25, 0.3) is 0 Å². The number of rotatable bonds is 5. The third-order valence-corrected chi connectivity index (χ3v) is 6.91. The highest BCUT2D eigenvalue weighted by molar-refractivity contribution is 7.91. The number of carbonyl (C=O) groups is 1. The smallest absolute Gasteiger partial charge is 0.225 e. The Kier molecular flexibility index (Phi) is 5.58. The molecule has 0 unspecified atom stereocenters. The number of amides is 1. The minimum Gasteiger partial charge on any atom is -0.494 e. The van der Waals surface area contributed by atoms with Crippen LogP contribution in [0, 0.1) is 5.92 Å². The summed E-state index contributed by atoms with van der Waals surface area (Å²) in [5.41, 5.74) is 1.06. The van der Waals surface area contributed by atoms with Crippen molar-refractivity contribution in [1.82, 2.24) is 9.80 Å². The number of hydrogen-bond acceptors (Lipinski definition) is 5. The van der Waals surface area contributed by atoms with Crippen molar-refractivity contribution in [3.05, 3.63) is 29.8 Å². The topological polar surface area (TPSA) is 66.9 Å². The quantitative estimate of drug-likeness (QED) is 0.775. The molecular formula is C19H28N2O4S. The van der Waals surface area contributed by atoms with E-state index >= 15 is 0 Å². The van der Waals surface area contributed by atoms with Crippen molar-refractivity contribution in [2.24, 2.45) is 5.92 Å². The normalized spacial score (nSPS) is 25.3. The molecule has 0 aliphatic carbocycles. The lowest BCUT2D eigenvalue weighted by Crippen LogP contribution is -2.60. The maximum absolute atomic E-state index is 12.5. The molecule has 26 heavy (non-hydrogen) atoms. The second-order valence-corrected chi connectivity index (χ2v) is 9.56. The van der Waals surface area contributed by atoms with Gasteiger partial charge in [0.2, 0.25) is 5.91 Å². The lowest BCUT2D eigenvalue weighted by Gasteiger charge is -2.44. The first-order chi connectivity index (χ1) is 12.3. The van der Waals surface area contributed by atoms with Crippen LogP contribution in [0.4, 0.5) is 0 Å². The van der Waals surface area contributed by atoms with E-state index in [0.29, 0.717) is 26.2 Å². The molecule has 0 aromatic heterocycles. The highest BCUT2D eigenvalue weighted by Crippen LogP contribution is 2.30. The van der Waals surface area contributed by atoms with Gasteiger partial charge in [0.15, 0.2) is 9.84 Å². The van der Waals surface area contributed by atoms with Gasteiger partial charge in [0.1, 0.15) is 5.75 Å². The summed E-state index contributed by atoms with van der Waals surface area (Å²) in [4.78, 5) is 16.6. The van der Waals surface area contributed by atoms with E-state index in [1.807, 2.05) is 45.0 Å². The van der Waals surface area contributed by atoms with Gasteiger partial charge in [-0.15, -0.1) is 0 Å². The molecule has 1 aromatic carbocycles. The van der Waals surface area contributed by atoms with E-state index in [-0.39, 0.29) is 35.4 Å². The van der Waals surface area contributed by atoms with Crippen molar-refractivity contribution in [2.45, 2.75) is 39.4 Å². The van der Waals surface area contributed by atoms with Gasteiger partial charge in [0, 0.05) is 37.2 Å². The maximum Gasteiger partial charge on any atom is 0.225 e. The van der Waals surface area contributed by atoms with Gasteiger partial charge >= 0.3 is 0 Å². The molecule has 144 valence electrons. The number of carbonyl (C=O) groups excluding carboxylic acids is 1. The van der Waals surface area contributed by atoms with Crippen LogP contribution < -0.4 is 4.74 Å². The molecule has 0 saturated carbocycles. The summed E-state index contributed by atoms with van der Waals surface area (Å²) >= 11 is 0. The Morgan fingerprint density at radius 2 is 1.88 bits per heavy atom. The van der Waals surface area contributed by atoms with Crippen molar-refractivity contribution in [1.29, 1.82) is 0 Å². The van der Waals surface area contributed by atoms with Gasteiger partial charge in [-0.25, -0.2) is 8.42 Å². The summed E-state index contributed by atoms with van der Waals surface area (Å²) < 4.78 is 30.3. The number of ether oxygens (including phenoxy) is 1. The first kappa shape index (κ1) is 19.2. The molecule has 2 saturated heterocycles. The van der Waals surface area contributed by atoms with Crippen LogP contribution in [0.5, 0.6) is 5.75 Å². The van der Waals surface area contributed by atoms with Crippen LogP contribution in [0.25, 0.3) is 0 Å². The van der Waals surface area contributed by atoms with E-state index in [9.17, 15) is 13.2 Å². The van der Waals surface area contributed by atoms with Crippen molar-refractivity contribution in [3.63, 3.8) is 0 Å². The third kappa shape index (κ3) is 3.88. The Labute approximate surface area is 156 Å². The fraction of sp³-hybridized carbons (Fsp3) is 0.632. The molecule has 0 N–H and O–H groups in total. The van der Waals surface area contributed by atoms with Gasteiger partial charge in [0.05, 0.1) is 24.2 Å². The molecule has 2 heterocycles. The van der Waals surface area contributed by atoms with Crippen molar-refractivity contribution in [3.8, 4) is 5.75 Å². The molecule has 2 aliphatic heterocycles. The zero-order valence-corrected chi connectivity index (χ0v) is 16.5. The number of para-hydroxylation sites is 1. The first-order valence-electron chi connectivity index (χ1n) is 9.28. The average Bonchev–Trinajstić information content (AvgIpc) is 2.92. The molecule has 0 spiro atoms. The molecule has 6 nitrogen and oxygen atoms in total. The largest absolute Gasteiger partial charge is 0.494 e. The first-order valence-corrected chi connectivity index (χ1v) is 11.1. The van der Waals surface area contributed by atoms with Crippen LogP contribution in [-0.2, 0) is 21.2 Å². The van der Waals surface area contributed by atoms with Crippen LogP contribution in [0.3, 0.4) is 0 Å². The highest BCUT2D eigenvalue weighted by atomic mass is 32.2. The number of fused-ring (bicyclic) bond motifs is 1. The van der Waals surface area contributed by atoms with E-state index in [1.54, 1.807) is 4.90 Å². The highest BCUT2D eigenvalue weighted by Gasteiger charge is 2.48. The van der Waals surface area contributed by atoms with Crippen LogP contribution >= 0.6 is 0 Å². The molecule has 1 amide bonds. The molecule has 3 rings (SSSR count). The third-order valence-electron chi connectivity index (χ3n) is 5.21. The number of sulfone groups is 1. The zero-order chi connectivity index (χ0) is 18.9. The van der Waals surface area contributed by atoms with Crippen LogP contribution in [0.2, 0.25) is 0 Å². The lowest BCUT2D eigenvalue weighted by atomic mass is 10.0. The lowest BCUT2D eigenvalue weighted by molar-refractivity contribution is -0.140. The summed E-state index contributed by atoms with van der Waals surface area (Å²) in [5.74, 6) is 0.958. The Hall–Kier alpha value is -1.60. The van der Waals surface area contributed by atoms with E-state index in [0.717, 1.165) is 11.3 Å². The average molecular weight is 381 g/mol. The number of benzene rings is 1. The van der Waals surface area contributed by atoms with E-state index in [2.05, 4.69) is 4.90 Å². The number of hydrogen-bond donors (Lipinski definition) is 0. The van der Waals surface area contributed by atoms with Crippen LogP contribution in [-0.4, -0.2) is 67.4 Å². The van der Waals surface area contributed by atoms with Crippen LogP contribution in [0.15, 0.2) is 24.3 Å².